The number of nitriles is 1. The maximum absolute atomic E-state index is 9.02. The lowest BCUT2D eigenvalue weighted by molar-refractivity contribution is 1.10. The summed E-state index contributed by atoms with van der Waals surface area (Å²) in [5, 5.41) is 9.97. The zero-order valence-corrected chi connectivity index (χ0v) is 18.3. The van der Waals surface area contributed by atoms with Gasteiger partial charge in [-0.2, -0.15) is 5.26 Å². The van der Waals surface area contributed by atoms with Crippen LogP contribution in [-0.2, 0) is 0 Å². The van der Waals surface area contributed by atoms with Crippen molar-refractivity contribution in [2.24, 2.45) is 0 Å². The summed E-state index contributed by atoms with van der Waals surface area (Å²) in [7, 11) is 1.98. The fourth-order valence-electron chi connectivity index (χ4n) is 3.81. The van der Waals surface area contributed by atoms with Crippen LogP contribution in [0.3, 0.4) is 0 Å². The van der Waals surface area contributed by atoms with Crippen molar-refractivity contribution in [3.05, 3.63) is 96.7 Å². The van der Waals surface area contributed by atoms with Crippen molar-refractivity contribution >= 4 is 22.4 Å². The molecule has 6 nitrogen and oxygen atoms in total. The second kappa shape index (κ2) is 8.48. The molecule has 3 heterocycles. The van der Waals surface area contributed by atoms with Crippen molar-refractivity contribution < 1.29 is 0 Å². The normalized spacial score (nSPS) is 10.7. The Morgan fingerprint density at radius 3 is 2.33 bits per heavy atom. The summed E-state index contributed by atoms with van der Waals surface area (Å²) in [6.45, 7) is 1.97. The van der Waals surface area contributed by atoms with E-state index in [-0.39, 0.29) is 0 Å². The van der Waals surface area contributed by atoms with Crippen molar-refractivity contribution in [2.75, 3.05) is 11.9 Å². The number of fused-ring (bicyclic) bond motifs is 1. The first-order chi connectivity index (χ1) is 16.1. The summed E-state index contributed by atoms with van der Waals surface area (Å²) in [6, 6.07) is 23.9. The lowest BCUT2D eigenvalue weighted by atomic mass is 10.0. The smallest absolute Gasteiger partial charge is 0.144 e. The molecule has 0 aliphatic rings. The molecule has 6 heteroatoms. The van der Waals surface area contributed by atoms with Gasteiger partial charge < -0.3 is 4.90 Å². The van der Waals surface area contributed by atoms with Gasteiger partial charge in [-0.05, 0) is 66.6 Å². The van der Waals surface area contributed by atoms with Gasteiger partial charge >= 0.3 is 0 Å². The summed E-state index contributed by atoms with van der Waals surface area (Å²) in [6.07, 6.45) is 5.23. The van der Waals surface area contributed by atoms with Crippen LogP contribution in [-0.4, -0.2) is 27.0 Å². The van der Waals surface area contributed by atoms with Crippen molar-refractivity contribution in [1.29, 1.82) is 5.26 Å². The van der Waals surface area contributed by atoms with Gasteiger partial charge in [0.1, 0.15) is 12.1 Å². The van der Waals surface area contributed by atoms with Gasteiger partial charge in [0.05, 0.1) is 34.7 Å². The molecule has 2 aromatic carbocycles. The van der Waals surface area contributed by atoms with Crippen LogP contribution in [0.15, 0.2) is 85.5 Å². The minimum Gasteiger partial charge on any atom is -0.328 e. The van der Waals surface area contributed by atoms with Gasteiger partial charge in [-0.15, -0.1) is 0 Å². The average molecular weight is 428 g/mol. The van der Waals surface area contributed by atoms with Gasteiger partial charge in [0.15, 0.2) is 0 Å². The van der Waals surface area contributed by atoms with Crippen LogP contribution >= 0.6 is 0 Å². The first kappa shape index (κ1) is 20.3. The van der Waals surface area contributed by atoms with E-state index in [0.717, 1.165) is 50.5 Å². The number of hydrogen-bond acceptors (Lipinski definition) is 6. The van der Waals surface area contributed by atoms with Gasteiger partial charge in [-0.25, -0.2) is 9.97 Å². The number of nitrogens with zero attached hydrogens (tertiary/aromatic N) is 6. The summed E-state index contributed by atoms with van der Waals surface area (Å²) in [5.74, 6) is 0.806. The van der Waals surface area contributed by atoms with Crippen LogP contribution in [0, 0.1) is 18.3 Å². The second-order valence-electron chi connectivity index (χ2n) is 7.76. The maximum Gasteiger partial charge on any atom is 0.144 e. The molecule has 0 amide bonds. The van der Waals surface area contributed by atoms with Crippen molar-refractivity contribution in [3.8, 4) is 28.5 Å². The molecule has 5 rings (SSSR count). The number of aryl methyl sites for hydroxylation is 1. The van der Waals surface area contributed by atoms with E-state index in [1.165, 1.54) is 0 Å². The van der Waals surface area contributed by atoms with Crippen LogP contribution in [0.2, 0.25) is 0 Å². The Bertz CT molecular complexity index is 1480. The lowest BCUT2D eigenvalue weighted by Crippen LogP contribution is -2.12. The van der Waals surface area contributed by atoms with E-state index in [1.807, 2.05) is 85.7 Å². The quantitative estimate of drug-likeness (QED) is 0.365. The number of aromatic nitrogens is 4. The van der Waals surface area contributed by atoms with Crippen LogP contribution in [0.5, 0.6) is 0 Å². The molecule has 5 aromatic rings. The molecule has 0 saturated carbocycles. The first-order valence-electron chi connectivity index (χ1n) is 10.5. The van der Waals surface area contributed by atoms with E-state index in [0.29, 0.717) is 5.56 Å². The van der Waals surface area contributed by atoms with Crippen LogP contribution < -0.4 is 4.90 Å². The SMILES string of the molecule is Cc1cc(-c2ccc(N(C)c3ncnc4cc(-c5ccc(C#N)cc5)ccc34)cn2)ccn1. The van der Waals surface area contributed by atoms with E-state index in [1.54, 1.807) is 12.5 Å². The Morgan fingerprint density at radius 2 is 1.61 bits per heavy atom. The Kier molecular flexibility index (Phi) is 5.21. The first-order valence-corrected chi connectivity index (χ1v) is 10.5. The maximum atomic E-state index is 9.02. The molecule has 0 aliphatic carbocycles. The Balaban J connectivity index is 1.47. The van der Waals surface area contributed by atoms with Gasteiger partial charge in [-0.1, -0.05) is 18.2 Å². The number of pyridine rings is 2. The van der Waals surface area contributed by atoms with Gasteiger partial charge in [0, 0.05) is 29.9 Å². The van der Waals surface area contributed by atoms with E-state index >= 15 is 0 Å². The van der Waals surface area contributed by atoms with E-state index in [4.69, 9.17) is 5.26 Å². The average Bonchev–Trinajstić information content (AvgIpc) is 2.88. The molecular weight excluding hydrogens is 408 g/mol. The lowest BCUT2D eigenvalue weighted by Gasteiger charge is -2.20. The molecular formula is C27H20N6. The predicted octanol–water partition coefficient (Wildman–Crippen LogP) is 5.70. The van der Waals surface area contributed by atoms with Crippen LogP contribution in [0.25, 0.3) is 33.3 Å². The molecule has 0 spiro atoms. The third kappa shape index (κ3) is 4.00. The van der Waals surface area contributed by atoms with Crippen LogP contribution in [0.1, 0.15) is 11.3 Å². The highest BCUT2D eigenvalue weighted by Gasteiger charge is 2.12. The summed E-state index contributed by atoms with van der Waals surface area (Å²) in [4.78, 5) is 19.9. The minimum atomic E-state index is 0.643. The Labute approximate surface area is 191 Å². The molecule has 3 aromatic heterocycles. The molecule has 0 fully saturated rings. The van der Waals surface area contributed by atoms with E-state index in [9.17, 15) is 0 Å². The molecule has 0 N–H and O–H groups in total. The highest BCUT2D eigenvalue weighted by molar-refractivity contribution is 5.93. The van der Waals surface area contributed by atoms with E-state index in [2.05, 4.69) is 32.1 Å². The molecule has 0 bridgehead atoms. The van der Waals surface area contributed by atoms with Gasteiger partial charge in [0.25, 0.3) is 0 Å². The van der Waals surface area contributed by atoms with Crippen molar-refractivity contribution in [1.82, 2.24) is 19.9 Å². The van der Waals surface area contributed by atoms with Gasteiger partial charge in [0.2, 0.25) is 0 Å². The predicted molar refractivity (Wildman–Crippen MR) is 130 cm³/mol. The Morgan fingerprint density at radius 1 is 0.788 bits per heavy atom. The number of benzene rings is 2. The number of rotatable bonds is 4. The zero-order valence-electron chi connectivity index (χ0n) is 18.3. The highest BCUT2D eigenvalue weighted by Crippen LogP contribution is 2.31. The molecule has 0 radical (unpaired) electrons. The Hall–Kier alpha value is -4.63. The van der Waals surface area contributed by atoms with E-state index < -0.39 is 0 Å². The monoisotopic (exact) mass is 428 g/mol. The standard InChI is InChI=1S/C27H20N6/c1-18-13-22(11-12-29-18)25-10-8-23(16-30-25)33(2)27-24-9-7-21(14-26(24)31-17-32-27)20-5-3-19(15-28)4-6-20/h3-14,16-17H,1-2H3. The number of hydrogen-bond donors (Lipinski definition) is 0. The summed E-state index contributed by atoms with van der Waals surface area (Å²) >= 11 is 0. The van der Waals surface area contributed by atoms with Gasteiger partial charge in [-0.3, -0.25) is 9.97 Å². The minimum absolute atomic E-state index is 0.643. The second-order valence-corrected chi connectivity index (χ2v) is 7.76. The molecule has 158 valence electrons. The highest BCUT2D eigenvalue weighted by atomic mass is 15.2. The number of anilines is 2. The zero-order chi connectivity index (χ0) is 22.8. The molecule has 0 saturated heterocycles. The third-order valence-electron chi connectivity index (χ3n) is 5.61. The van der Waals surface area contributed by atoms with Crippen molar-refractivity contribution in [2.45, 2.75) is 6.92 Å². The fraction of sp³-hybridized carbons (Fsp3) is 0.0741. The van der Waals surface area contributed by atoms with Crippen molar-refractivity contribution in [3.63, 3.8) is 0 Å². The largest absolute Gasteiger partial charge is 0.328 e. The molecule has 0 unspecified atom stereocenters. The fourth-order valence-corrected chi connectivity index (χ4v) is 3.81. The summed E-state index contributed by atoms with van der Waals surface area (Å²) in [5.41, 5.74) is 7.41. The topological polar surface area (TPSA) is 78.6 Å². The summed E-state index contributed by atoms with van der Waals surface area (Å²) < 4.78 is 0. The molecule has 33 heavy (non-hydrogen) atoms. The van der Waals surface area contributed by atoms with Crippen LogP contribution in [0.4, 0.5) is 11.5 Å². The third-order valence-corrected chi connectivity index (χ3v) is 5.61. The molecule has 0 aliphatic heterocycles. The molecule has 0 atom stereocenters.